The van der Waals surface area contributed by atoms with Gasteiger partial charge in [-0.25, -0.2) is 4.79 Å². The molecule has 0 aliphatic carbocycles. The Morgan fingerprint density at radius 3 is 2.18 bits per heavy atom. The molecular weight excluding hydrogens is 358 g/mol. The minimum atomic E-state index is -0.560. The maximum absolute atomic E-state index is 12.5. The summed E-state index contributed by atoms with van der Waals surface area (Å²) in [5, 5.41) is 3.19. The van der Waals surface area contributed by atoms with Gasteiger partial charge in [-0.05, 0) is 24.3 Å². The van der Waals surface area contributed by atoms with Crippen LogP contribution in [0.4, 0.5) is 11.4 Å². The van der Waals surface area contributed by atoms with Crippen LogP contribution in [0.25, 0.3) is 0 Å². The number of nitrogens with one attached hydrogen (secondary N) is 1. The molecule has 1 heterocycles. The fraction of sp³-hybridized carbons (Fsp3) is 0.286. The molecule has 0 atom stereocenters. The molecule has 1 aliphatic rings. The second-order valence-corrected chi connectivity index (χ2v) is 6.50. The third-order valence-corrected chi connectivity index (χ3v) is 4.60. The minimum Gasteiger partial charge on any atom is -0.452 e. The quantitative estimate of drug-likeness (QED) is 0.804. The third kappa shape index (κ3) is 4.88. The molecule has 2 aromatic carbocycles. The number of para-hydroxylation sites is 2. The van der Waals surface area contributed by atoms with E-state index < -0.39 is 5.97 Å². The Hall–Kier alpha value is -3.35. The molecule has 2 amide bonds. The predicted octanol–water partition coefficient (Wildman–Crippen LogP) is 2.28. The molecule has 3 rings (SSSR count). The topological polar surface area (TPSA) is 79.0 Å². The Balaban J connectivity index is 1.57. The van der Waals surface area contributed by atoms with Gasteiger partial charge in [-0.15, -0.1) is 0 Å². The number of ether oxygens (including phenoxy) is 1. The lowest BCUT2D eigenvalue weighted by atomic mass is 10.1. The Labute approximate surface area is 163 Å². The Morgan fingerprint density at radius 2 is 1.50 bits per heavy atom. The van der Waals surface area contributed by atoms with E-state index in [1.807, 2.05) is 36.4 Å². The van der Waals surface area contributed by atoms with Crippen LogP contribution in [0.15, 0.2) is 54.6 Å². The summed E-state index contributed by atoms with van der Waals surface area (Å²) in [5.74, 6) is -0.819. The molecule has 1 fully saturated rings. The van der Waals surface area contributed by atoms with E-state index in [2.05, 4.69) is 5.32 Å². The van der Waals surface area contributed by atoms with Crippen molar-refractivity contribution in [1.82, 2.24) is 9.80 Å². The second-order valence-electron chi connectivity index (χ2n) is 6.50. The van der Waals surface area contributed by atoms with Gasteiger partial charge in [-0.3, -0.25) is 9.59 Å². The molecule has 0 bridgehead atoms. The van der Waals surface area contributed by atoms with Gasteiger partial charge in [0.05, 0.1) is 11.3 Å². The first-order chi connectivity index (χ1) is 13.5. The zero-order chi connectivity index (χ0) is 19.9. The van der Waals surface area contributed by atoms with Crippen LogP contribution in [0.3, 0.4) is 0 Å². The third-order valence-electron chi connectivity index (χ3n) is 4.60. The Morgan fingerprint density at radius 1 is 0.893 bits per heavy atom. The number of piperazine rings is 1. The molecule has 2 aromatic rings. The van der Waals surface area contributed by atoms with Gasteiger partial charge in [0, 0.05) is 38.8 Å². The van der Waals surface area contributed by atoms with E-state index in [0.717, 1.165) is 5.69 Å². The summed E-state index contributed by atoms with van der Waals surface area (Å²) in [6.45, 7) is 3.08. The van der Waals surface area contributed by atoms with E-state index in [1.165, 1.54) is 6.92 Å². The highest BCUT2D eigenvalue weighted by Gasteiger charge is 2.23. The first kappa shape index (κ1) is 19.4. The number of anilines is 2. The lowest BCUT2D eigenvalue weighted by Crippen LogP contribution is -2.51. The van der Waals surface area contributed by atoms with E-state index in [9.17, 15) is 14.4 Å². The number of rotatable bonds is 5. The Bertz CT molecular complexity index is 846. The number of carbonyl (C=O) groups is 3. The van der Waals surface area contributed by atoms with Crippen molar-refractivity contribution < 1.29 is 19.1 Å². The monoisotopic (exact) mass is 381 g/mol. The highest BCUT2D eigenvalue weighted by molar-refractivity contribution is 5.97. The number of amides is 2. The first-order valence-corrected chi connectivity index (χ1v) is 9.16. The van der Waals surface area contributed by atoms with Gasteiger partial charge >= 0.3 is 5.97 Å². The normalized spacial score (nSPS) is 13.8. The second kappa shape index (κ2) is 9.03. The molecule has 0 unspecified atom stereocenters. The largest absolute Gasteiger partial charge is 0.452 e. The van der Waals surface area contributed by atoms with E-state index in [1.54, 1.807) is 28.0 Å². The number of esters is 1. The number of hydrogen-bond donors (Lipinski definition) is 1. The highest BCUT2D eigenvalue weighted by Crippen LogP contribution is 2.21. The summed E-state index contributed by atoms with van der Waals surface area (Å²) in [5.41, 5.74) is 1.82. The van der Waals surface area contributed by atoms with Crippen LogP contribution in [-0.4, -0.2) is 60.4 Å². The lowest BCUT2D eigenvalue weighted by Gasteiger charge is -2.34. The van der Waals surface area contributed by atoms with Crippen LogP contribution in [0.2, 0.25) is 0 Å². The summed E-state index contributed by atoms with van der Waals surface area (Å²) in [4.78, 5) is 39.5. The maximum Gasteiger partial charge on any atom is 0.340 e. The molecule has 1 saturated heterocycles. The van der Waals surface area contributed by atoms with E-state index in [4.69, 9.17) is 4.74 Å². The minimum absolute atomic E-state index is 0.000972. The molecule has 0 radical (unpaired) electrons. The van der Waals surface area contributed by atoms with Gasteiger partial charge in [-0.1, -0.05) is 30.3 Å². The van der Waals surface area contributed by atoms with Gasteiger partial charge in [0.2, 0.25) is 5.91 Å². The van der Waals surface area contributed by atoms with Crippen LogP contribution in [0, 0.1) is 0 Å². The molecule has 0 saturated carbocycles. The van der Waals surface area contributed by atoms with Gasteiger partial charge in [-0.2, -0.15) is 0 Å². The van der Waals surface area contributed by atoms with Crippen molar-refractivity contribution in [3.05, 3.63) is 60.2 Å². The SMILES string of the molecule is CC(=O)N1CCN(C(=O)COC(=O)c2ccccc2Nc2ccccc2)CC1. The van der Waals surface area contributed by atoms with E-state index in [-0.39, 0.29) is 18.4 Å². The molecule has 0 spiro atoms. The van der Waals surface area contributed by atoms with Crippen molar-refractivity contribution in [2.24, 2.45) is 0 Å². The first-order valence-electron chi connectivity index (χ1n) is 9.16. The van der Waals surface area contributed by atoms with Gasteiger partial charge < -0.3 is 19.9 Å². The molecule has 146 valence electrons. The van der Waals surface area contributed by atoms with Crippen LogP contribution in [0.1, 0.15) is 17.3 Å². The van der Waals surface area contributed by atoms with E-state index >= 15 is 0 Å². The summed E-state index contributed by atoms with van der Waals surface area (Å²) < 4.78 is 5.25. The standard InChI is InChI=1S/C21H23N3O4/c1-16(25)23-11-13-24(14-12-23)20(26)15-28-21(27)18-9-5-6-10-19(18)22-17-7-3-2-4-8-17/h2-10,22H,11-15H2,1H3. The van der Waals surface area contributed by atoms with Crippen LogP contribution >= 0.6 is 0 Å². The zero-order valence-electron chi connectivity index (χ0n) is 15.8. The molecule has 28 heavy (non-hydrogen) atoms. The van der Waals surface area contributed by atoms with Gasteiger partial charge in [0.1, 0.15) is 0 Å². The number of carbonyl (C=O) groups excluding carboxylic acids is 3. The smallest absolute Gasteiger partial charge is 0.340 e. The molecule has 1 N–H and O–H groups in total. The molecule has 1 aliphatic heterocycles. The number of hydrogen-bond acceptors (Lipinski definition) is 5. The van der Waals surface area contributed by atoms with Gasteiger partial charge in [0.15, 0.2) is 6.61 Å². The summed E-state index contributed by atoms with van der Waals surface area (Å²) in [6, 6.07) is 16.5. The number of benzene rings is 2. The van der Waals surface area contributed by atoms with Crippen LogP contribution in [0.5, 0.6) is 0 Å². The van der Waals surface area contributed by atoms with Crippen molar-refractivity contribution in [3.8, 4) is 0 Å². The number of nitrogens with zero attached hydrogens (tertiary/aromatic N) is 2. The zero-order valence-corrected chi connectivity index (χ0v) is 15.8. The molecule has 7 nitrogen and oxygen atoms in total. The van der Waals surface area contributed by atoms with Crippen molar-refractivity contribution >= 4 is 29.2 Å². The van der Waals surface area contributed by atoms with Crippen molar-refractivity contribution in [2.75, 3.05) is 38.1 Å². The molecular formula is C21H23N3O4. The molecule has 0 aromatic heterocycles. The maximum atomic E-state index is 12.5. The van der Waals surface area contributed by atoms with Crippen molar-refractivity contribution in [2.45, 2.75) is 6.92 Å². The fourth-order valence-corrected chi connectivity index (χ4v) is 3.01. The predicted molar refractivity (Wildman–Crippen MR) is 105 cm³/mol. The average molecular weight is 381 g/mol. The van der Waals surface area contributed by atoms with E-state index in [0.29, 0.717) is 37.4 Å². The fourth-order valence-electron chi connectivity index (χ4n) is 3.01. The summed E-state index contributed by atoms with van der Waals surface area (Å²) in [6.07, 6.45) is 0. The lowest BCUT2D eigenvalue weighted by molar-refractivity contribution is -0.140. The summed E-state index contributed by atoms with van der Waals surface area (Å²) in [7, 11) is 0. The van der Waals surface area contributed by atoms with Crippen molar-refractivity contribution in [3.63, 3.8) is 0 Å². The average Bonchev–Trinajstić information content (AvgIpc) is 2.73. The summed E-state index contributed by atoms with van der Waals surface area (Å²) >= 11 is 0. The van der Waals surface area contributed by atoms with Crippen LogP contribution in [-0.2, 0) is 14.3 Å². The Kier molecular flexibility index (Phi) is 6.26. The van der Waals surface area contributed by atoms with Gasteiger partial charge in [0.25, 0.3) is 5.91 Å². The molecule has 7 heteroatoms. The van der Waals surface area contributed by atoms with Crippen LogP contribution < -0.4 is 5.32 Å². The van der Waals surface area contributed by atoms with Crippen molar-refractivity contribution in [1.29, 1.82) is 0 Å². The highest BCUT2D eigenvalue weighted by atomic mass is 16.5.